The van der Waals surface area contributed by atoms with Crippen LogP contribution in [0.5, 0.6) is 0 Å². The number of benzene rings is 1. The lowest BCUT2D eigenvalue weighted by molar-refractivity contribution is 0.179. The van der Waals surface area contributed by atoms with E-state index in [0.717, 1.165) is 5.56 Å². The highest BCUT2D eigenvalue weighted by molar-refractivity contribution is 5.91. The largest absolute Gasteiger partial charge is 0.452 e. The normalized spacial score (nSPS) is 9.62. The summed E-state index contributed by atoms with van der Waals surface area (Å²) in [5.74, 6) is 0. The molecule has 0 saturated carbocycles. The number of methoxy groups -OCH3 is 1. The number of rotatable bonds is 3. The van der Waals surface area contributed by atoms with E-state index >= 15 is 0 Å². The summed E-state index contributed by atoms with van der Waals surface area (Å²) in [4.78, 5) is 13.0. The Bertz CT molecular complexity index is 402. The first-order valence-electron chi connectivity index (χ1n) is 4.92. The van der Waals surface area contributed by atoms with Crippen LogP contribution in [-0.4, -0.2) is 19.7 Å². The number of carbonyl (C=O) groups is 1. The van der Waals surface area contributed by atoms with Gasteiger partial charge in [0, 0.05) is 6.54 Å². The van der Waals surface area contributed by atoms with Crippen molar-refractivity contribution < 1.29 is 9.53 Å². The first kappa shape index (κ1) is 12.1. The van der Waals surface area contributed by atoms with E-state index in [1.54, 1.807) is 12.1 Å². The molecule has 0 unspecified atom stereocenters. The number of amides is 1. The van der Waals surface area contributed by atoms with E-state index in [0.29, 0.717) is 17.9 Å². The number of ether oxygens (including phenoxy) is 1. The zero-order valence-corrected chi connectivity index (χ0v) is 9.56. The summed E-state index contributed by atoms with van der Waals surface area (Å²) >= 11 is 0. The molecule has 0 aliphatic rings. The number of hydrogen-bond acceptors (Lipinski definition) is 3. The van der Waals surface area contributed by atoms with Gasteiger partial charge in [-0.15, -0.1) is 6.58 Å². The second-order valence-electron chi connectivity index (χ2n) is 3.43. The molecule has 4 heteroatoms. The number of hydrogen-bond donors (Lipinski definition) is 1. The predicted molar refractivity (Wildman–Crippen MR) is 65.5 cm³/mol. The predicted octanol–water partition coefficient (Wildman–Crippen LogP) is 2.34. The fourth-order valence-corrected chi connectivity index (χ4v) is 1.43. The van der Waals surface area contributed by atoms with Crippen molar-refractivity contribution in [3.8, 4) is 0 Å². The Morgan fingerprint density at radius 3 is 2.81 bits per heavy atom. The monoisotopic (exact) mass is 220 g/mol. The fourth-order valence-electron chi connectivity index (χ4n) is 1.43. The molecule has 1 aromatic carbocycles. The molecule has 0 radical (unpaired) electrons. The Morgan fingerprint density at radius 1 is 1.62 bits per heavy atom. The molecule has 2 N–H and O–H groups in total. The maximum atomic E-state index is 11.5. The summed E-state index contributed by atoms with van der Waals surface area (Å²) < 4.78 is 4.69. The summed E-state index contributed by atoms with van der Waals surface area (Å²) in [7, 11) is 1.34. The fraction of sp³-hybridized carbons (Fsp3) is 0.250. The molecule has 4 nitrogen and oxygen atoms in total. The Morgan fingerprint density at radius 2 is 2.31 bits per heavy atom. The van der Waals surface area contributed by atoms with Crippen molar-refractivity contribution >= 4 is 17.5 Å². The van der Waals surface area contributed by atoms with Crippen molar-refractivity contribution in [3.05, 3.63) is 36.4 Å². The highest BCUT2D eigenvalue weighted by atomic mass is 16.5. The average Bonchev–Trinajstić information content (AvgIpc) is 2.26. The van der Waals surface area contributed by atoms with Gasteiger partial charge in [0.15, 0.2) is 0 Å². The Balaban J connectivity index is 3.10. The van der Waals surface area contributed by atoms with Crippen LogP contribution in [0.2, 0.25) is 0 Å². The minimum absolute atomic E-state index is 0.361. The Labute approximate surface area is 95.3 Å². The van der Waals surface area contributed by atoms with E-state index in [2.05, 4.69) is 11.3 Å². The van der Waals surface area contributed by atoms with Crippen LogP contribution in [0.25, 0.3) is 0 Å². The van der Waals surface area contributed by atoms with Crippen molar-refractivity contribution in [1.29, 1.82) is 0 Å². The number of nitrogens with two attached hydrogens (primary N) is 1. The molecule has 0 spiro atoms. The van der Waals surface area contributed by atoms with Crippen molar-refractivity contribution in [2.45, 2.75) is 6.92 Å². The van der Waals surface area contributed by atoms with Crippen LogP contribution in [0.4, 0.5) is 16.2 Å². The molecule has 0 aromatic heterocycles. The summed E-state index contributed by atoms with van der Waals surface area (Å²) in [5.41, 5.74) is 8.09. The molecule has 0 saturated heterocycles. The van der Waals surface area contributed by atoms with E-state index in [1.807, 2.05) is 19.1 Å². The highest BCUT2D eigenvalue weighted by Gasteiger charge is 2.16. The van der Waals surface area contributed by atoms with Crippen LogP contribution in [0.1, 0.15) is 5.56 Å². The van der Waals surface area contributed by atoms with Crippen LogP contribution in [0.3, 0.4) is 0 Å². The summed E-state index contributed by atoms with van der Waals surface area (Å²) in [6, 6.07) is 5.50. The molecule has 1 rings (SSSR count). The van der Waals surface area contributed by atoms with Crippen molar-refractivity contribution in [3.63, 3.8) is 0 Å². The van der Waals surface area contributed by atoms with Gasteiger partial charge in [-0.3, -0.25) is 4.90 Å². The topological polar surface area (TPSA) is 55.6 Å². The summed E-state index contributed by atoms with van der Waals surface area (Å²) in [5, 5.41) is 0. The molecule has 0 aliphatic heterocycles. The summed E-state index contributed by atoms with van der Waals surface area (Å²) in [6.45, 7) is 5.90. The van der Waals surface area contributed by atoms with E-state index in [1.165, 1.54) is 12.0 Å². The SMILES string of the molecule is C=CCN(C(=O)OC)c1ccc(C)cc1N. The van der Waals surface area contributed by atoms with Crippen LogP contribution in [0, 0.1) is 6.92 Å². The quantitative estimate of drug-likeness (QED) is 0.628. The van der Waals surface area contributed by atoms with Gasteiger partial charge >= 0.3 is 6.09 Å². The van der Waals surface area contributed by atoms with Crippen molar-refractivity contribution in [2.24, 2.45) is 0 Å². The molecule has 0 fully saturated rings. The van der Waals surface area contributed by atoms with E-state index < -0.39 is 6.09 Å². The molecule has 0 bridgehead atoms. The minimum Gasteiger partial charge on any atom is -0.452 e. The van der Waals surface area contributed by atoms with E-state index in [9.17, 15) is 4.79 Å². The van der Waals surface area contributed by atoms with E-state index in [4.69, 9.17) is 5.73 Å². The van der Waals surface area contributed by atoms with Gasteiger partial charge < -0.3 is 10.5 Å². The smallest absolute Gasteiger partial charge is 0.414 e. The minimum atomic E-state index is -0.449. The van der Waals surface area contributed by atoms with Gasteiger partial charge in [0.25, 0.3) is 0 Å². The molecule has 1 aromatic rings. The zero-order chi connectivity index (χ0) is 12.1. The van der Waals surface area contributed by atoms with Crippen molar-refractivity contribution in [1.82, 2.24) is 0 Å². The lowest BCUT2D eigenvalue weighted by Gasteiger charge is -2.21. The number of anilines is 2. The first-order valence-corrected chi connectivity index (χ1v) is 4.92. The third kappa shape index (κ3) is 2.53. The number of carbonyl (C=O) groups excluding carboxylic acids is 1. The van der Waals surface area contributed by atoms with E-state index in [-0.39, 0.29) is 0 Å². The van der Waals surface area contributed by atoms with Gasteiger partial charge in [0.2, 0.25) is 0 Å². The molecule has 0 atom stereocenters. The highest BCUT2D eigenvalue weighted by Crippen LogP contribution is 2.24. The van der Waals surface area contributed by atoms with Gasteiger partial charge in [-0.1, -0.05) is 12.1 Å². The lowest BCUT2D eigenvalue weighted by Crippen LogP contribution is -2.31. The number of aryl methyl sites for hydroxylation is 1. The van der Waals surface area contributed by atoms with Gasteiger partial charge in [-0.05, 0) is 24.6 Å². The maximum Gasteiger partial charge on any atom is 0.414 e. The molecule has 0 aliphatic carbocycles. The Kier molecular flexibility index (Phi) is 3.94. The standard InChI is InChI=1S/C12H16N2O2/c1-4-7-14(12(15)16-3)11-6-5-9(2)8-10(11)13/h4-6,8H,1,7,13H2,2-3H3. The summed E-state index contributed by atoms with van der Waals surface area (Å²) in [6.07, 6.45) is 1.17. The second-order valence-corrected chi connectivity index (χ2v) is 3.43. The second kappa shape index (κ2) is 5.21. The number of nitrogens with zero attached hydrogens (tertiary/aromatic N) is 1. The molecule has 86 valence electrons. The average molecular weight is 220 g/mol. The van der Waals surface area contributed by atoms with Gasteiger partial charge in [-0.2, -0.15) is 0 Å². The zero-order valence-electron chi connectivity index (χ0n) is 9.56. The number of nitrogen functional groups attached to an aromatic ring is 1. The lowest BCUT2D eigenvalue weighted by atomic mass is 10.2. The van der Waals surface area contributed by atoms with Crippen LogP contribution in [0.15, 0.2) is 30.9 Å². The van der Waals surface area contributed by atoms with Crippen molar-refractivity contribution in [2.75, 3.05) is 24.3 Å². The van der Waals surface area contributed by atoms with Crippen LogP contribution in [-0.2, 0) is 4.74 Å². The molecular formula is C12H16N2O2. The molecular weight excluding hydrogens is 204 g/mol. The van der Waals surface area contributed by atoms with Gasteiger partial charge in [0.1, 0.15) is 0 Å². The molecule has 1 amide bonds. The van der Waals surface area contributed by atoms with Crippen LogP contribution < -0.4 is 10.6 Å². The van der Waals surface area contributed by atoms with Crippen LogP contribution >= 0.6 is 0 Å². The first-order chi connectivity index (χ1) is 7.60. The van der Waals surface area contributed by atoms with Gasteiger partial charge in [-0.25, -0.2) is 4.79 Å². The maximum absolute atomic E-state index is 11.5. The molecule has 16 heavy (non-hydrogen) atoms. The molecule has 0 heterocycles. The van der Waals surface area contributed by atoms with Gasteiger partial charge in [0.05, 0.1) is 18.5 Å². The third-order valence-electron chi connectivity index (χ3n) is 2.18. The third-order valence-corrected chi connectivity index (χ3v) is 2.18. The Hall–Kier alpha value is -1.97.